The third kappa shape index (κ3) is 4.01. The zero-order chi connectivity index (χ0) is 23.7. The van der Waals surface area contributed by atoms with E-state index in [0.29, 0.717) is 35.2 Å². The molecule has 9 heteroatoms. The highest BCUT2D eigenvalue weighted by Gasteiger charge is 2.32. The van der Waals surface area contributed by atoms with Gasteiger partial charge in [0, 0.05) is 48.1 Å². The van der Waals surface area contributed by atoms with Crippen molar-refractivity contribution in [1.29, 1.82) is 0 Å². The fraction of sp³-hybridized carbons (Fsp3) is 0.240. The van der Waals surface area contributed by atoms with Crippen LogP contribution in [0.15, 0.2) is 55.1 Å². The van der Waals surface area contributed by atoms with E-state index in [0.717, 1.165) is 41.0 Å². The molecular formula is C25H24ClN5O3. The van der Waals surface area contributed by atoms with Crippen LogP contribution in [0.25, 0.3) is 16.9 Å². The summed E-state index contributed by atoms with van der Waals surface area (Å²) in [7, 11) is 3.22. The summed E-state index contributed by atoms with van der Waals surface area (Å²) in [6.45, 7) is 1.31. The maximum absolute atomic E-state index is 13.2. The highest BCUT2D eigenvalue weighted by Crippen LogP contribution is 2.44. The van der Waals surface area contributed by atoms with Gasteiger partial charge in [0.2, 0.25) is 0 Å². The van der Waals surface area contributed by atoms with Gasteiger partial charge in [0.25, 0.3) is 5.91 Å². The topological polar surface area (TPSA) is 83.2 Å². The number of imidazole rings is 1. The Morgan fingerprint density at radius 2 is 2.00 bits per heavy atom. The Bertz CT molecular complexity index is 1350. The van der Waals surface area contributed by atoms with E-state index in [9.17, 15) is 4.79 Å². The maximum Gasteiger partial charge on any atom is 0.272 e. The second kappa shape index (κ2) is 9.23. The van der Waals surface area contributed by atoms with E-state index in [1.807, 2.05) is 47.2 Å². The Hall–Kier alpha value is -3.78. The number of benzene rings is 2. The molecule has 1 N–H and O–H groups in total. The summed E-state index contributed by atoms with van der Waals surface area (Å²) in [6, 6.07) is 11.3. The lowest BCUT2D eigenvalue weighted by Gasteiger charge is -2.12. The van der Waals surface area contributed by atoms with Crippen molar-refractivity contribution in [3.05, 3.63) is 77.0 Å². The van der Waals surface area contributed by atoms with Gasteiger partial charge in [0.1, 0.15) is 0 Å². The van der Waals surface area contributed by atoms with Crippen LogP contribution in [-0.2, 0) is 13.0 Å². The van der Waals surface area contributed by atoms with Crippen LogP contribution in [0, 0.1) is 0 Å². The average Bonchev–Trinajstić information content (AvgIpc) is 3.57. The number of rotatable bonds is 8. The molecule has 0 spiro atoms. The number of aromatic nitrogens is 4. The number of fused-ring (bicyclic) bond motifs is 3. The van der Waals surface area contributed by atoms with Crippen LogP contribution in [0.3, 0.4) is 0 Å². The summed E-state index contributed by atoms with van der Waals surface area (Å²) < 4.78 is 14.8. The lowest BCUT2D eigenvalue weighted by Crippen LogP contribution is -2.26. The first-order valence-corrected chi connectivity index (χ1v) is 11.3. The third-order valence-corrected chi connectivity index (χ3v) is 6.16. The van der Waals surface area contributed by atoms with Crippen LogP contribution in [-0.4, -0.2) is 46.0 Å². The number of methoxy groups -OCH3 is 2. The van der Waals surface area contributed by atoms with E-state index in [1.54, 1.807) is 31.4 Å². The highest BCUT2D eigenvalue weighted by molar-refractivity contribution is 6.30. The van der Waals surface area contributed by atoms with Crippen LogP contribution >= 0.6 is 11.6 Å². The molecule has 0 unspecified atom stereocenters. The first-order chi connectivity index (χ1) is 16.6. The molecule has 0 atom stereocenters. The minimum atomic E-state index is -0.200. The molecule has 1 aliphatic carbocycles. The molecular weight excluding hydrogens is 454 g/mol. The van der Waals surface area contributed by atoms with Crippen molar-refractivity contribution in [3.63, 3.8) is 0 Å². The molecule has 0 aliphatic heterocycles. The number of carbonyl (C=O) groups is 1. The Morgan fingerprint density at radius 1 is 1.18 bits per heavy atom. The smallest absolute Gasteiger partial charge is 0.272 e. The van der Waals surface area contributed by atoms with E-state index in [2.05, 4.69) is 10.3 Å². The van der Waals surface area contributed by atoms with Crippen LogP contribution in [0.5, 0.6) is 11.5 Å². The predicted octanol–water partition coefficient (Wildman–Crippen LogP) is 4.13. The standard InChI is InChI=1S/C25H24ClN5O3/c1-33-21-12-16-11-20-23(25(32)28-7-4-9-30-10-8-27-15-30)29-31(18-6-3-5-17(26)13-18)24(20)19(16)14-22(21)34-2/h3,5-6,8,10,12-15H,4,7,9,11H2,1-2H3,(H,28,32). The van der Waals surface area contributed by atoms with Crippen molar-refractivity contribution in [2.24, 2.45) is 0 Å². The first kappa shape index (κ1) is 22.0. The predicted molar refractivity (Wildman–Crippen MR) is 129 cm³/mol. The molecule has 0 bridgehead atoms. The molecule has 2 aromatic heterocycles. The molecule has 174 valence electrons. The number of amides is 1. The fourth-order valence-corrected chi connectivity index (χ4v) is 4.50. The van der Waals surface area contributed by atoms with Gasteiger partial charge in [0.15, 0.2) is 17.2 Å². The quantitative estimate of drug-likeness (QED) is 0.340. The van der Waals surface area contributed by atoms with E-state index in [1.165, 1.54) is 0 Å². The maximum atomic E-state index is 13.2. The van der Waals surface area contributed by atoms with Crippen LogP contribution < -0.4 is 14.8 Å². The summed E-state index contributed by atoms with van der Waals surface area (Å²) in [4.78, 5) is 17.2. The van der Waals surface area contributed by atoms with Crippen molar-refractivity contribution in [2.45, 2.75) is 19.4 Å². The van der Waals surface area contributed by atoms with Crippen molar-refractivity contribution in [1.82, 2.24) is 24.6 Å². The first-order valence-electron chi connectivity index (χ1n) is 11.0. The van der Waals surface area contributed by atoms with Gasteiger partial charge in [-0.15, -0.1) is 0 Å². The van der Waals surface area contributed by atoms with Gasteiger partial charge in [0.05, 0.1) is 31.9 Å². The fourth-order valence-electron chi connectivity index (χ4n) is 4.32. The van der Waals surface area contributed by atoms with Crippen LogP contribution in [0.4, 0.5) is 0 Å². The summed E-state index contributed by atoms with van der Waals surface area (Å²) in [5.74, 6) is 1.08. The zero-order valence-corrected chi connectivity index (χ0v) is 19.7. The van der Waals surface area contributed by atoms with Gasteiger partial charge in [-0.1, -0.05) is 17.7 Å². The number of carbonyl (C=O) groups excluding carboxylic acids is 1. The molecule has 4 aromatic rings. The van der Waals surface area contributed by atoms with Crippen molar-refractivity contribution >= 4 is 17.5 Å². The highest BCUT2D eigenvalue weighted by atomic mass is 35.5. The molecule has 2 heterocycles. The Labute approximate surface area is 202 Å². The largest absolute Gasteiger partial charge is 0.493 e. The molecule has 0 saturated carbocycles. The molecule has 0 saturated heterocycles. The van der Waals surface area contributed by atoms with Crippen molar-refractivity contribution < 1.29 is 14.3 Å². The van der Waals surface area contributed by atoms with Gasteiger partial charge >= 0.3 is 0 Å². The van der Waals surface area contributed by atoms with Gasteiger partial charge in [-0.05, 0) is 42.3 Å². The van der Waals surface area contributed by atoms with E-state index < -0.39 is 0 Å². The summed E-state index contributed by atoms with van der Waals surface area (Å²) in [5, 5.41) is 8.34. The summed E-state index contributed by atoms with van der Waals surface area (Å²) in [6.07, 6.45) is 6.77. The van der Waals surface area contributed by atoms with Crippen LogP contribution in [0.1, 0.15) is 28.0 Å². The van der Waals surface area contributed by atoms with E-state index in [-0.39, 0.29) is 5.91 Å². The second-order valence-electron chi connectivity index (χ2n) is 8.02. The number of halogens is 1. The van der Waals surface area contributed by atoms with Gasteiger partial charge in [-0.2, -0.15) is 5.10 Å². The molecule has 8 nitrogen and oxygen atoms in total. The molecule has 5 rings (SSSR count). The Kier molecular flexibility index (Phi) is 5.98. The zero-order valence-electron chi connectivity index (χ0n) is 18.9. The SMILES string of the molecule is COc1cc2c(cc1OC)-c1c(c(C(=O)NCCCn3ccnc3)nn1-c1cccc(Cl)c1)C2. The molecule has 1 aliphatic rings. The lowest BCUT2D eigenvalue weighted by atomic mass is 10.1. The number of nitrogens with zero attached hydrogens (tertiary/aromatic N) is 4. The minimum Gasteiger partial charge on any atom is -0.493 e. The van der Waals surface area contributed by atoms with Crippen molar-refractivity contribution in [3.8, 4) is 28.4 Å². The minimum absolute atomic E-state index is 0.200. The van der Waals surface area contributed by atoms with Gasteiger partial charge in [-0.25, -0.2) is 9.67 Å². The Morgan fingerprint density at radius 3 is 2.74 bits per heavy atom. The number of ether oxygens (including phenoxy) is 2. The molecule has 34 heavy (non-hydrogen) atoms. The summed E-state index contributed by atoms with van der Waals surface area (Å²) in [5.41, 5.74) is 4.94. The number of nitrogens with one attached hydrogen (secondary N) is 1. The number of aryl methyl sites for hydroxylation is 1. The number of hydrogen-bond donors (Lipinski definition) is 1. The number of hydrogen-bond acceptors (Lipinski definition) is 5. The third-order valence-electron chi connectivity index (χ3n) is 5.92. The molecule has 1 amide bonds. The van der Waals surface area contributed by atoms with Crippen LogP contribution in [0.2, 0.25) is 5.02 Å². The Balaban J connectivity index is 1.50. The normalized spacial score (nSPS) is 11.7. The molecule has 0 radical (unpaired) electrons. The molecule has 0 fully saturated rings. The monoisotopic (exact) mass is 477 g/mol. The van der Waals surface area contributed by atoms with E-state index >= 15 is 0 Å². The molecule has 2 aromatic carbocycles. The summed E-state index contributed by atoms with van der Waals surface area (Å²) >= 11 is 6.27. The second-order valence-corrected chi connectivity index (χ2v) is 8.45. The van der Waals surface area contributed by atoms with Crippen molar-refractivity contribution in [2.75, 3.05) is 20.8 Å². The van der Waals surface area contributed by atoms with E-state index in [4.69, 9.17) is 26.2 Å². The van der Waals surface area contributed by atoms with Gasteiger partial charge in [-0.3, -0.25) is 4.79 Å². The average molecular weight is 478 g/mol. The lowest BCUT2D eigenvalue weighted by molar-refractivity contribution is 0.0946. The van der Waals surface area contributed by atoms with Gasteiger partial charge < -0.3 is 19.4 Å².